The van der Waals surface area contributed by atoms with Gasteiger partial charge < -0.3 is 9.47 Å². The van der Waals surface area contributed by atoms with E-state index in [1.54, 1.807) is 25.1 Å². The molecule has 1 saturated carbocycles. The van der Waals surface area contributed by atoms with Gasteiger partial charge in [-0.25, -0.2) is 13.2 Å². The third kappa shape index (κ3) is 4.15. The minimum absolute atomic E-state index is 0.160. The van der Waals surface area contributed by atoms with Crippen LogP contribution in [-0.4, -0.2) is 39.5 Å². The monoisotopic (exact) mass is 428 g/mol. The molecule has 1 aliphatic heterocycles. The van der Waals surface area contributed by atoms with Gasteiger partial charge in [-0.2, -0.15) is 0 Å². The lowest BCUT2D eigenvalue weighted by molar-refractivity contribution is -0.136. The van der Waals surface area contributed by atoms with E-state index < -0.39 is 15.8 Å². The van der Waals surface area contributed by atoms with E-state index in [2.05, 4.69) is 15.9 Å². The number of hydrogen-bond acceptors (Lipinski definition) is 5. The summed E-state index contributed by atoms with van der Waals surface area (Å²) in [6, 6.07) is 4.94. The zero-order valence-corrected chi connectivity index (χ0v) is 16.4. The number of carbonyl (C=O) groups is 1. The number of sulfone groups is 1. The van der Waals surface area contributed by atoms with Gasteiger partial charge in [-0.15, -0.1) is 0 Å². The number of ether oxygens (including phenoxy) is 2. The Morgan fingerprint density at radius 1 is 1.36 bits per heavy atom. The van der Waals surface area contributed by atoms with Crippen molar-refractivity contribution in [2.45, 2.75) is 36.3 Å². The van der Waals surface area contributed by atoms with E-state index in [-0.39, 0.29) is 22.7 Å². The van der Waals surface area contributed by atoms with Gasteiger partial charge in [0.25, 0.3) is 0 Å². The molecule has 0 amide bonds. The first-order valence-electron chi connectivity index (χ1n) is 8.44. The molecular weight excluding hydrogens is 408 g/mol. The van der Waals surface area contributed by atoms with Crippen molar-refractivity contribution in [1.82, 2.24) is 0 Å². The molecule has 2 aliphatic rings. The SMILES string of the molecule is CCOC(=O)/C(=C/C1CCOC1)c1ccc(S(=O)(=O)C2CC2)c(Br)c1. The third-order valence-corrected chi connectivity index (χ3v) is 7.61. The first-order chi connectivity index (χ1) is 11.9. The Hall–Kier alpha value is -1.18. The van der Waals surface area contributed by atoms with Gasteiger partial charge >= 0.3 is 5.97 Å². The fourth-order valence-corrected chi connectivity index (χ4v) is 5.63. The molecule has 1 heterocycles. The number of benzene rings is 1. The Balaban J connectivity index is 1.95. The molecule has 7 heteroatoms. The van der Waals surface area contributed by atoms with E-state index in [1.807, 2.05) is 6.08 Å². The molecule has 0 bridgehead atoms. The van der Waals surface area contributed by atoms with Crippen molar-refractivity contribution < 1.29 is 22.7 Å². The van der Waals surface area contributed by atoms with Gasteiger partial charge in [-0.3, -0.25) is 0 Å². The highest BCUT2D eigenvalue weighted by molar-refractivity contribution is 9.10. The second-order valence-corrected chi connectivity index (χ2v) is 9.36. The first kappa shape index (κ1) is 18.6. The molecule has 1 atom stereocenters. The highest BCUT2D eigenvalue weighted by Crippen LogP contribution is 2.37. The first-order valence-corrected chi connectivity index (χ1v) is 10.8. The number of halogens is 1. The van der Waals surface area contributed by atoms with E-state index in [9.17, 15) is 13.2 Å². The zero-order valence-electron chi connectivity index (χ0n) is 14.0. The van der Waals surface area contributed by atoms with Gasteiger partial charge in [0.15, 0.2) is 9.84 Å². The molecular formula is C18H21BrO5S. The molecule has 1 saturated heterocycles. The predicted molar refractivity (Wildman–Crippen MR) is 97.9 cm³/mol. The van der Waals surface area contributed by atoms with Crippen molar-refractivity contribution in [1.29, 1.82) is 0 Å². The van der Waals surface area contributed by atoms with Crippen molar-refractivity contribution in [3.8, 4) is 0 Å². The molecule has 0 spiro atoms. The lowest BCUT2D eigenvalue weighted by atomic mass is 9.99. The van der Waals surface area contributed by atoms with Crippen LogP contribution in [0.25, 0.3) is 5.57 Å². The molecule has 1 aromatic rings. The van der Waals surface area contributed by atoms with Crippen LogP contribution >= 0.6 is 15.9 Å². The van der Waals surface area contributed by atoms with E-state index in [4.69, 9.17) is 9.47 Å². The quantitative estimate of drug-likeness (QED) is 0.512. The summed E-state index contributed by atoms with van der Waals surface area (Å²) in [5.41, 5.74) is 1.10. The fourth-order valence-electron chi connectivity index (χ4n) is 2.87. The number of carbonyl (C=O) groups excluding carboxylic acids is 1. The third-order valence-electron chi connectivity index (χ3n) is 4.38. The summed E-state index contributed by atoms with van der Waals surface area (Å²) in [7, 11) is -3.29. The molecule has 25 heavy (non-hydrogen) atoms. The summed E-state index contributed by atoms with van der Waals surface area (Å²) >= 11 is 3.36. The van der Waals surface area contributed by atoms with Gasteiger partial charge in [-0.05, 0) is 59.8 Å². The summed E-state index contributed by atoms with van der Waals surface area (Å²) in [5.74, 6) is -0.243. The molecule has 1 aliphatic carbocycles. The summed E-state index contributed by atoms with van der Waals surface area (Å²) in [4.78, 5) is 12.7. The molecule has 1 aromatic carbocycles. The van der Waals surface area contributed by atoms with Gasteiger partial charge in [-0.1, -0.05) is 12.1 Å². The maximum Gasteiger partial charge on any atom is 0.338 e. The van der Waals surface area contributed by atoms with Crippen LogP contribution in [0.2, 0.25) is 0 Å². The van der Waals surface area contributed by atoms with Gasteiger partial charge in [0.05, 0.1) is 28.9 Å². The van der Waals surface area contributed by atoms with Crippen LogP contribution in [0.15, 0.2) is 33.6 Å². The Bertz CT molecular complexity index is 790. The van der Waals surface area contributed by atoms with Crippen molar-refractivity contribution in [2.75, 3.05) is 19.8 Å². The zero-order chi connectivity index (χ0) is 18.0. The largest absolute Gasteiger partial charge is 0.462 e. The van der Waals surface area contributed by atoms with E-state index in [0.29, 0.717) is 41.7 Å². The van der Waals surface area contributed by atoms with Crippen LogP contribution in [-0.2, 0) is 24.1 Å². The average molecular weight is 429 g/mol. The van der Waals surface area contributed by atoms with Gasteiger partial charge in [0.2, 0.25) is 0 Å². The normalized spacial score (nSPS) is 21.4. The molecule has 2 fully saturated rings. The van der Waals surface area contributed by atoms with E-state index in [1.165, 1.54) is 0 Å². The van der Waals surface area contributed by atoms with Crippen LogP contribution in [0.4, 0.5) is 0 Å². The maximum atomic E-state index is 12.5. The molecule has 0 N–H and O–H groups in total. The highest BCUT2D eigenvalue weighted by Gasteiger charge is 2.38. The van der Waals surface area contributed by atoms with Gasteiger partial charge in [0, 0.05) is 17.0 Å². The summed E-state index contributed by atoms with van der Waals surface area (Å²) in [5, 5.41) is -0.273. The summed E-state index contributed by atoms with van der Waals surface area (Å²) in [6.07, 6.45) is 4.17. The molecule has 5 nitrogen and oxygen atoms in total. The molecule has 0 radical (unpaired) electrons. The van der Waals surface area contributed by atoms with Crippen molar-refractivity contribution >= 4 is 37.3 Å². The van der Waals surface area contributed by atoms with Crippen molar-refractivity contribution in [2.24, 2.45) is 5.92 Å². The second kappa shape index (κ2) is 7.60. The minimum Gasteiger partial charge on any atom is -0.462 e. The predicted octanol–water partition coefficient (Wildman–Crippen LogP) is 3.37. The Labute approximate surface area is 156 Å². The highest BCUT2D eigenvalue weighted by atomic mass is 79.9. The number of rotatable bonds is 6. The topological polar surface area (TPSA) is 69.7 Å². The molecule has 136 valence electrons. The van der Waals surface area contributed by atoms with Gasteiger partial charge in [0.1, 0.15) is 0 Å². The molecule has 1 unspecified atom stereocenters. The van der Waals surface area contributed by atoms with Crippen LogP contribution < -0.4 is 0 Å². The van der Waals surface area contributed by atoms with E-state index >= 15 is 0 Å². The van der Waals surface area contributed by atoms with Crippen molar-refractivity contribution in [3.63, 3.8) is 0 Å². The van der Waals surface area contributed by atoms with Crippen LogP contribution in [0, 0.1) is 5.92 Å². The summed E-state index contributed by atoms with van der Waals surface area (Å²) < 4.78 is 35.9. The number of esters is 1. The van der Waals surface area contributed by atoms with Crippen LogP contribution in [0.1, 0.15) is 31.7 Å². The van der Waals surface area contributed by atoms with Crippen LogP contribution in [0.3, 0.4) is 0 Å². The Kier molecular flexibility index (Phi) is 5.65. The Morgan fingerprint density at radius 3 is 2.68 bits per heavy atom. The standard InChI is InChI=1S/C18H21BrO5S/c1-2-24-18(20)15(9-12-7-8-23-11-12)13-3-6-17(16(19)10-13)25(21,22)14-4-5-14/h3,6,9-10,12,14H,2,4-5,7-8,11H2,1H3/b15-9+. The minimum atomic E-state index is -3.29. The lowest BCUT2D eigenvalue weighted by Crippen LogP contribution is -2.11. The lowest BCUT2D eigenvalue weighted by Gasteiger charge is -2.12. The van der Waals surface area contributed by atoms with Crippen LogP contribution in [0.5, 0.6) is 0 Å². The molecule has 0 aromatic heterocycles. The smallest absolute Gasteiger partial charge is 0.338 e. The average Bonchev–Trinajstić information content (AvgIpc) is 3.31. The fraction of sp³-hybridized carbons (Fsp3) is 0.500. The van der Waals surface area contributed by atoms with E-state index in [0.717, 1.165) is 6.42 Å². The number of hydrogen-bond donors (Lipinski definition) is 0. The van der Waals surface area contributed by atoms with Crippen molar-refractivity contribution in [3.05, 3.63) is 34.3 Å². The summed E-state index contributed by atoms with van der Waals surface area (Å²) in [6.45, 7) is 3.31. The molecule has 3 rings (SSSR count). The Morgan fingerprint density at radius 2 is 2.12 bits per heavy atom. The second-order valence-electron chi connectivity index (χ2n) is 6.31. The maximum absolute atomic E-state index is 12.5.